The molecule has 1 aliphatic carbocycles. The smallest absolute Gasteiger partial charge is 0.252 e. The first kappa shape index (κ1) is 19.1. The van der Waals surface area contributed by atoms with Gasteiger partial charge in [0.2, 0.25) is 5.91 Å². The van der Waals surface area contributed by atoms with E-state index in [-0.39, 0.29) is 12.0 Å². The summed E-state index contributed by atoms with van der Waals surface area (Å²) in [5.74, 6) is -0.266. The number of primary amides is 1. The number of carbonyl (C=O) groups excluding carboxylic acids is 2. The zero-order valence-electron chi connectivity index (χ0n) is 14.8. The Morgan fingerprint density at radius 3 is 2.56 bits per heavy atom. The third-order valence-electron chi connectivity index (χ3n) is 4.17. The molecule has 0 radical (unpaired) electrons. The summed E-state index contributed by atoms with van der Waals surface area (Å²) in [5.41, 5.74) is 6.57. The second-order valence-corrected chi connectivity index (χ2v) is 6.93. The number of ether oxygens (including phenoxy) is 1. The lowest BCUT2D eigenvalue weighted by Gasteiger charge is -2.31. The quantitative estimate of drug-likeness (QED) is 0.790. The minimum Gasteiger partial charge on any atom is -0.490 e. The van der Waals surface area contributed by atoms with Crippen LogP contribution < -0.4 is 15.8 Å². The van der Waals surface area contributed by atoms with E-state index in [2.05, 4.69) is 5.32 Å². The second kappa shape index (κ2) is 7.31. The van der Waals surface area contributed by atoms with Gasteiger partial charge in [0.05, 0.1) is 22.5 Å². The number of allylic oxidation sites excluding steroid dienone is 3. The van der Waals surface area contributed by atoms with E-state index in [0.717, 1.165) is 11.1 Å². The van der Waals surface area contributed by atoms with Crippen molar-refractivity contribution in [1.29, 1.82) is 0 Å². The van der Waals surface area contributed by atoms with Gasteiger partial charge in [-0.2, -0.15) is 0 Å². The van der Waals surface area contributed by atoms with Gasteiger partial charge < -0.3 is 15.8 Å². The summed E-state index contributed by atoms with van der Waals surface area (Å²) in [5, 5.41) is 2.11. The van der Waals surface area contributed by atoms with Crippen molar-refractivity contribution >= 4 is 29.0 Å². The van der Waals surface area contributed by atoms with Gasteiger partial charge in [0, 0.05) is 7.05 Å². The molecule has 0 aromatic heterocycles. The average molecular weight is 363 g/mol. The van der Waals surface area contributed by atoms with E-state index in [1.165, 1.54) is 0 Å². The highest BCUT2D eigenvalue weighted by molar-refractivity contribution is 6.25. The Balaban J connectivity index is 2.39. The van der Waals surface area contributed by atoms with Crippen LogP contribution in [0.2, 0.25) is 0 Å². The molecule has 5 nitrogen and oxygen atoms in total. The Hall–Kier alpha value is -2.27. The highest BCUT2D eigenvalue weighted by atomic mass is 35.5. The number of nitrogens with one attached hydrogen (secondary N) is 1. The number of rotatable bonds is 5. The van der Waals surface area contributed by atoms with Crippen molar-refractivity contribution in [3.05, 3.63) is 47.6 Å². The maximum absolute atomic E-state index is 12.1. The van der Waals surface area contributed by atoms with Gasteiger partial charge in [0.15, 0.2) is 0 Å². The van der Waals surface area contributed by atoms with Crippen molar-refractivity contribution in [1.82, 2.24) is 5.32 Å². The van der Waals surface area contributed by atoms with Gasteiger partial charge in [-0.15, -0.1) is 11.6 Å². The van der Waals surface area contributed by atoms with Crippen LogP contribution in [0.15, 0.2) is 36.4 Å². The van der Waals surface area contributed by atoms with Gasteiger partial charge in [-0.25, -0.2) is 0 Å². The molecule has 6 heteroatoms. The van der Waals surface area contributed by atoms with Crippen molar-refractivity contribution in [3.8, 4) is 5.75 Å². The molecule has 1 aromatic rings. The fourth-order valence-electron chi connectivity index (χ4n) is 2.66. The number of hydrogen-bond donors (Lipinski definition) is 2. The second-order valence-electron chi connectivity index (χ2n) is 6.46. The fourth-order valence-corrected chi connectivity index (χ4v) is 2.97. The lowest BCUT2D eigenvalue weighted by molar-refractivity contribution is -0.127. The Bertz CT molecular complexity index is 755. The first-order chi connectivity index (χ1) is 11.7. The molecule has 1 aromatic carbocycles. The predicted molar refractivity (Wildman–Crippen MR) is 99.7 cm³/mol. The molecular formula is C19H23ClN2O3. The topological polar surface area (TPSA) is 81.4 Å². The molecular weight excluding hydrogens is 340 g/mol. The van der Waals surface area contributed by atoms with E-state index in [1.54, 1.807) is 38.3 Å². The Kier molecular flexibility index (Phi) is 5.58. The van der Waals surface area contributed by atoms with E-state index < -0.39 is 16.7 Å². The van der Waals surface area contributed by atoms with Gasteiger partial charge in [-0.3, -0.25) is 9.59 Å². The van der Waals surface area contributed by atoms with Crippen LogP contribution in [-0.4, -0.2) is 30.3 Å². The Morgan fingerprint density at radius 2 is 2.04 bits per heavy atom. The van der Waals surface area contributed by atoms with E-state index in [9.17, 15) is 9.59 Å². The maximum Gasteiger partial charge on any atom is 0.252 e. The van der Waals surface area contributed by atoms with Crippen LogP contribution in [0, 0.1) is 5.41 Å². The molecule has 134 valence electrons. The summed E-state index contributed by atoms with van der Waals surface area (Å²) in [7, 11) is 1.58. The monoisotopic (exact) mass is 362 g/mol. The third kappa shape index (κ3) is 3.87. The molecule has 0 fully saturated rings. The zero-order chi connectivity index (χ0) is 18.8. The molecule has 2 atom stereocenters. The molecule has 2 unspecified atom stereocenters. The molecule has 0 bridgehead atoms. The van der Waals surface area contributed by atoms with Crippen molar-refractivity contribution in [2.75, 3.05) is 7.05 Å². The summed E-state index contributed by atoms with van der Waals surface area (Å²) in [4.78, 5) is 23.8. The lowest BCUT2D eigenvalue weighted by Crippen LogP contribution is -2.42. The molecule has 1 aliphatic rings. The standard InChI is InChI=1S/C19H23ClN2O3/c1-11(2)25-15-6-5-12(9-14(15)17(21)23)13-7-8-19(3,16(20)10-13)18(24)22-4/h5-11,16H,1-4H3,(H2,21,23)(H,22,24). The number of amides is 2. The summed E-state index contributed by atoms with van der Waals surface area (Å²) in [6.45, 7) is 5.53. The van der Waals surface area contributed by atoms with E-state index in [0.29, 0.717) is 11.3 Å². The number of benzene rings is 1. The SMILES string of the molecule is CNC(=O)C1(C)C=CC(c2ccc(OC(C)C)c(C(N)=O)c2)=CC1Cl. The lowest BCUT2D eigenvalue weighted by atomic mass is 9.79. The van der Waals surface area contributed by atoms with Crippen LogP contribution in [0.4, 0.5) is 0 Å². The molecule has 3 N–H and O–H groups in total. The van der Waals surface area contributed by atoms with Crippen molar-refractivity contribution in [2.24, 2.45) is 11.1 Å². The van der Waals surface area contributed by atoms with Crippen molar-refractivity contribution in [2.45, 2.75) is 32.3 Å². The van der Waals surface area contributed by atoms with Gasteiger partial charge >= 0.3 is 0 Å². The number of halogens is 1. The molecule has 0 aliphatic heterocycles. The van der Waals surface area contributed by atoms with Crippen molar-refractivity contribution in [3.63, 3.8) is 0 Å². The first-order valence-electron chi connectivity index (χ1n) is 8.07. The fraction of sp³-hybridized carbons (Fsp3) is 0.368. The molecule has 0 heterocycles. The highest BCUT2D eigenvalue weighted by Gasteiger charge is 2.38. The Morgan fingerprint density at radius 1 is 1.36 bits per heavy atom. The number of hydrogen-bond acceptors (Lipinski definition) is 3. The van der Waals surface area contributed by atoms with E-state index in [4.69, 9.17) is 22.1 Å². The largest absolute Gasteiger partial charge is 0.490 e. The first-order valence-corrected chi connectivity index (χ1v) is 8.51. The molecule has 0 saturated heterocycles. The summed E-state index contributed by atoms with van der Waals surface area (Å²) in [6, 6.07) is 5.24. The number of nitrogens with two attached hydrogens (primary N) is 1. The van der Waals surface area contributed by atoms with E-state index >= 15 is 0 Å². The maximum atomic E-state index is 12.1. The van der Waals surface area contributed by atoms with Crippen LogP contribution in [-0.2, 0) is 4.79 Å². The molecule has 2 rings (SSSR count). The van der Waals surface area contributed by atoms with Gasteiger partial charge in [0.1, 0.15) is 5.75 Å². The number of carbonyl (C=O) groups is 2. The summed E-state index contributed by atoms with van der Waals surface area (Å²) < 4.78 is 5.63. The number of alkyl halides is 1. The van der Waals surface area contributed by atoms with Crippen LogP contribution >= 0.6 is 11.6 Å². The summed E-state index contributed by atoms with van der Waals surface area (Å²) in [6.07, 6.45) is 5.34. The molecule has 0 spiro atoms. The molecule has 2 amide bonds. The van der Waals surface area contributed by atoms with Crippen LogP contribution in [0.25, 0.3) is 5.57 Å². The van der Waals surface area contributed by atoms with Crippen LogP contribution in [0.5, 0.6) is 5.75 Å². The molecule has 0 saturated carbocycles. The average Bonchev–Trinajstić information content (AvgIpc) is 2.56. The van der Waals surface area contributed by atoms with Gasteiger partial charge in [0.25, 0.3) is 5.91 Å². The third-order valence-corrected chi connectivity index (χ3v) is 4.74. The zero-order valence-corrected chi connectivity index (χ0v) is 15.6. The normalized spacial score (nSPS) is 22.5. The van der Waals surface area contributed by atoms with Crippen molar-refractivity contribution < 1.29 is 14.3 Å². The van der Waals surface area contributed by atoms with E-state index in [1.807, 2.05) is 26.0 Å². The van der Waals surface area contributed by atoms with Gasteiger partial charge in [-0.1, -0.05) is 24.3 Å². The minimum atomic E-state index is -0.826. The van der Waals surface area contributed by atoms with Gasteiger partial charge in [-0.05, 0) is 44.0 Å². The van der Waals surface area contributed by atoms with Crippen LogP contribution in [0.3, 0.4) is 0 Å². The minimum absolute atomic E-state index is 0.0711. The Labute approximate surface area is 152 Å². The van der Waals surface area contributed by atoms with Crippen LogP contribution in [0.1, 0.15) is 36.7 Å². The highest BCUT2D eigenvalue weighted by Crippen LogP contribution is 2.37. The predicted octanol–water partition coefficient (Wildman–Crippen LogP) is 2.89. The summed E-state index contributed by atoms with van der Waals surface area (Å²) >= 11 is 6.44. The molecule has 25 heavy (non-hydrogen) atoms.